The summed E-state index contributed by atoms with van der Waals surface area (Å²) < 4.78 is 3.93. The van der Waals surface area contributed by atoms with E-state index in [9.17, 15) is 0 Å². The zero-order valence-electron chi connectivity index (χ0n) is 15.1. The molecule has 0 aliphatic rings. The van der Waals surface area contributed by atoms with E-state index in [2.05, 4.69) is 119 Å². The average molecular weight is 634 g/mol. The highest BCUT2D eigenvalue weighted by molar-refractivity contribution is 9.11. The molecule has 4 aromatic rings. The van der Waals surface area contributed by atoms with Crippen molar-refractivity contribution in [2.45, 2.75) is 0 Å². The molecular formula is C25H14Br4. The molecule has 142 valence electrons. The normalized spacial score (nSPS) is 10.9. The Kier molecular flexibility index (Phi) is 6.75. The fourth-order valence-electron chi connectivity index (χ4n) is 3.10. The number of hydrogen-bond acceptors (Lipinski definition) is 0. The summed E-state index contributed by atoms with van der Waals surface area (Å²) >= 11 is 14.9. The Hall–Kier alpha value is -1.20. The average Bonchev–Trinajstić information content (AvgIpc) is 2.73. The number of benzene rings is 4. The van der Waals surface area contributed by atoms with Gasteiger partial charge >= 0.3 is 0 Å². The fourth-order valence-corrected chi connectivity index (χ4v) is 5.87. The van der Waals surface area contributed by atoms with Gasteiger partial charge in [-0.15, -0.1) is 0 Å². The third-order valence-corrected chi connectivity index (χ3v) is 7.05. The van der Waals surface area contributed by atoms with E-state index in [1.165, 1.54) is 11.1 Å². The lowest BCUT2D eigenvalue weighted by Crippen LogP contribution is -1.94. The molecule has 29 heavy (non-hydrogen) atoms. The lowest BCUT2D eigenvalue weighted by atomic mass is 9.98. The number of halogens is 4. The monoisotopic (exact) mass is 630 g/mol. The van der Waals surface area contributed by atoms with Gasteiger partial charge in [-0.1, -0.05) is 124 Å². The van der Waals surface area contributed by atoms with Gasteiger partial charge in [0.2, 0.25) is 0 Å². The van der Waals surface area contributed by atoms with E-state index in [0.29, 0.717) is 0 Å². The Morgan fingerprint density at radius 2 is 0.724 bits per heavy atom. The van der Waals surface area contributed by atoms with E-state index in [-0.39, 0.29) is 0 Å². The van der Waals surface area contributed by atoms with Gasteiger partial charge in [-0.25, -0.2) is 0 Å². The van der Waals surface area contributed by atoms with Crippen LogP contribution in [0.25, 0.3) is 22.3 Å². The van der Waals surface area contributed by atoms with Crippen LogP contribution in [0.15, 0.2) is 103 Å². The van der Waals surface area contributed by atoms with Gasteiger partial charge in [0.1, 0.15) is 0 Å². The molecule has 0 N–H and O–H groups in total. The second-order valence-electron chi connectivity index (χ2n) is 6.49. The molecule has 4 heteroatoms. The van der Waals surface area contributed by atoms with Crippen molar-refractivity contribution in [3.8, 4) is 22.3 Å². The van der Waals surface area contributed by atoms with Crippen LogP contribution in [0.3, 0.4) is 0 Å². The van der Waals surface area contributed by atoms with E-state index >= 15 is 0 Å². The second-order valence-corrected chi connectivity index (χ2v) is 9.90. The lowest BCUT2D eigenvalue weighted by Gasteiger charge is -2.14. The minimum absolute atomic E-state index is 0.971. The molecule has 0 aliphatic heterocycles. The van der Waals surface area contributed by atoms with Crippen molar-refractivity contribution in [2.75, 3.05) is 0 Å². The Morgan fingerprint density at radius 1 is 0.414 bits per heavy atom. The first kappa shape index (κ1) is 21.0. The fraction of sp³-hybridized carbons (Fsp3) is 0. The molecule has 0 amide bonds. The third kappa shape index (κ3) is 4.77. The summed E-state index contributed by atoms with van der Waals surface area (Å²) in [4.78, 5) is 0. The summed E-state index contributed by atoms with van der Waals surface area (Å²) in [5.41, 5.74) is 6.59. The first-order chi connectivity index (χ1) is 14.0. The van der Waals surface area contributed by atoms with Crippen molar-refractivity contribution in [2.24, 2.45) is 0 Å². The molecule has 0 bridgehead atoms. The van der Waals surface area contributed by atoms with Crippen molar-refractivity contribution in [3.63, 3.8) is 0 Å². The summed E-state index contributed by atoms with van der Waals surface area (Å²) in [5, 5.41) is 0. The topological polar surface area (TPSA) is 0 Å². The molecule has 0 fully saturated rings. The highest BCUT2D eigenvalue weighted by Crippen LogP contribution is 2.39. The predicted octanol–water partition coefficient (Wildman–Crippen LogP) is 9.55. The van der Waals surface area contributed by atoms with Crippen molar-refractivity contribution < 1.29 is 0 Å². The van der Waals surface area contributed by atoms with E-state index in [1.807, 2.05) is 36.4 Å². The van der Waals surface area contributed by atoms with E-state index in [1.54, 1.807) is 0 Å². The molecule has 0 saturated carbocycles. The molecule has 4 rings (SSSR count). The highest BCUT2D eigenvalue weighted by Gasteiger charge is 2.15. The Morgan fingerprint density at radius 3 is 1.03 bits per heavy atom. The molecule has 0 saturated heterocycles. The third-order valence-electron chi connectivity index (χ3n) is 4.55. The number of rotatable bonds is 4. The highest BCUT2D eigenvalue weighted by atomic mass is 79.9. The molecule has 2 radical (unpaired) electrons. The zero-order valence-corrected chi connectivity index (χ0v) is 21.4. The van der Waals surface area contributed by atoms with Crippen molar-refractivity contribution in [3.05, 3.63) is 120 Å². The van der Waals surface area contributed by atoms with Gasteiger partial charge in [-0.2, -0.15) is 0 Å². The van der Waals surface area contributed by atoms with Crippen molar-refractivity contribution >= 4 is 63.7 Å². The van der Waals surface area contributed by atoms with E-state index in [4.69, 9.17) is 0 Å². The standard InChI is InChI=1S/C25H14Br4/c26-22-11-18(16-7-3-1-4-8-16)12-23(27)20(22)15-21-24(28)13-19(14-25(21)29)17-9-5-2-6-10-17/h1-14H. The van der Waals surface area contributed by atoms with Gasteiger partial charge in [0.05, 0.1) is 6.42 Å². The molecular weight excluding hydrogens is 620 g/mol. The maximum Gasteiger partial charge on any atom is 0.0549 e. The van der Waals surface area contributed by atoms with Crippen molar-refractivity contribution in [1.29, 1.82) is 0 Å². The summed E-state index contributed by atoms with van der Waals surface area (Å²) in [5.74, 6) is 0. The minimum Gasteiger partial charge on any atom is -0.0622 e. The van der Waals surface area contributed by atoms with E-state index in [0.717, 1.165) is 40.1 Å². The first-order valence-electron chi connectivity index (χ1n) is 8.89. The summed E-state index contributed by atoms with van der Waals surface area (Å²) in [7, 11) is 0. The van der Waals surface area contributed by atoms with Crippen LogP contribution in [0.4, 0.5) is 0 Å². The Labute approximate surface area is 204 Å². The maximum atomic E-state index is 3.73. The molecule has 0 aliphatic carbocycles. The quantitative estimate of drug-likeness (QED) is 0.210. The van der Waals surface area contributed by atoms with Gasteiger partial charge in [0.15, 0.2) is 0 Å². The van der Waals surface area contributed by atoms with Crippen molar-refractivity contribution in [1.82, 2.24) is 0 Å². The molecule has 0 nitrogen and oxygen atoms in total. The van der Waals surface area contributed by atoms with Crippen LogP contribution in [0.1, 0.15) is 11.1 Å². The Balaban J connectivity index is 1.69. The predicted molar refractivity (Wildman–Crippen MR) is 136 cm³/mol. The van der Waals surface area contributed by atoms with Crippen LogP contribution >= 0.6 is 63.7 Å². The molecule has 0 spiro atoms. The summed E-state index contributed by atoms with van der Waals surface area (Å²) in [6.07, 6.45) is 3.55. The molecule has 0 heterocycles. The lowest BCUT2D eigenvalue weighted by molar-refractivity contribution is 1.35. The van der Waals surface area contributed by atoms with Crippen LogP contribution in [0.5, 0.6) is 0 Å². The molecule has 0 aromatic heterocycles. The van der Waals surface area contributed by atoms with Crippen LogP contribution in [0, 0.1) is 6.42 Å². The van der Waals surface area contributed by atoms with Gasteiger partial charge < -0.3 is 0 Å². The Bertz CT molecular complexity index is 1010. The van der Waals surface area contributed by atoms with Gasteiger partial charge in [-0.05, 0) is 57.6 Å². The molecule has 0 atom stereocenters. The van der Waals surface area contributed by atoms with Crippen LogP contribution in [0.2, 0.25) is 0 Å². The van der Waals surface area contributed by atoms with Crippen LogP contribution in [-0.4, -0.2) is 0 Å². The van der Waals surface area contributed by atoms with Gasteiger partial charge in [0.25, 0.3) is 0 Å². The molecule has 4 aromatic carbocycles. The largest absolute Gasteiger partial charge is 0.0622 e. The van der Waals surface area contributed by atoms with Crippen LogP contribution < -0.4 is 0 Å². The number of hydrogen-bond donors (Lipinski definition) is 0. The minimum atomic E-state index is 0.971. The smallest absolute Gasteiger partial charge is 0.0549 e. The first-order valence-corrected chi connectivity index (χ1v) is 12.1. The zero-order chi connectivity index (χ0) is 20.4. The summed E-state index contributed by atoms with van der Waals surface area (Å²) in [6, 6.07) is 29.2. The van der Waals surface area contributed by atoms with Crippen LogP contribution in [-0.2, 0) is 0 Å². The van der Waals surface area contributed by atoms with Gasteiger partial charge in [-0.3, -0.25) is 0 Å². The maximum absolute atomic E-state index is 3.73. The second kappa shape index (κ2) is 9.30. The SMILES string of the molecule is Brc1cc(-c2ccccc2)cc(Br)c1[C]c1c(Br)cc(-c2ccccc2)cc1Br. The van der Waals surface area contributed by atoms with Gasteiger partial charge in [0, 0.05) is 17.9 Å². The summed E-state index contributed by atoms with van der Waals surface area (Å²) in [6.45, 7) is 0. The molecule has 0 unspecified atom stereocenters. The van der Waals surface area contributed by atoms with E-state index < -0.39 is 0 Å².